The minimum atomic E-state index is -0.548. The molecule has 0 saturated carbocycles. The molecule has 0 bridgehead atoms. The Morgan fingerprint density at radius 2 is 2.09 bits per heavy atom. The quantitative estimate of drug-likeness (QED) is 0.724. The zero-order valence-corrected chi connectivity index (χ0v) is 13.3. The van der Waals surface area contributed by atoms with Gasteiger partial charge in [-0.05, 0) is 22.8 Å². The number of hydrogen-bond donors (Lipinski definition) is 3. The van der Waals surface area contributed by atoms with Gasteiger partial charge < -0.3 is 10.6 Å². The first kappa shape index (κ1) is 16.6. The summed E-state index contributed by atoms with van der Waals surface area (Å²) in [4.78, 5) is 23.4. The van der Waals surface area contributed by atoms with Crippen molar-refractivity contribution >= 4 is 11.8 Å². The maximum Gasteiger partial charge on any atom is 0.243 e. The molecule has 0 saturated heterocycles. The number of aromatic nitrogens is 4. The maximum atomic E-state index is 12.2. The molecule has 0 spiro atoms. The number of aromatic amines is 1. The Hall–Kier alpha value is -2.77. The highest BCUT2D eigenvalue weighted by Crippen LogP contribution is 2.15. The van der Waals surface area contributed by atoms with Crippen LogP contribution in [0.2, 0.25) is 0 Å². The molecule has 1 atom stereocenters. The van der Waals surface area contributed by atoms with Crippen molar-refractivity contribution in [2.24, 2.45) is 5.92 Å². The third kappa shape index (κ3) is 4.60. The topological polar surface area (TPSA) is 113 Å². The van der Waals surface area contributed by atoms with E-state index in [1.807, 2.05) is 38.1 Å². The lowest BCUT2D eigenvalue weighted by Gasteiger charge is -2.21. The fraction of sp³-hybridized carbons (Fsp3) is 0.400. The van der Waals surface area contributed by atoms with E-state index in [4.69, 9.17) is 0 Å². The van der Waals surface area contributed by atoms with Gasteiger partial charge >= 0.3 is 0 Å². The minimum Gasteiger partial charge on any atom is -0.350 e. The van der Waals surface area contributed by atoms with Crippen LogP contribution in [0.5, 0.6) is 0 Å². The summed E-state index contributed by atoms with van der Waals surface area (Å²) in [7, 11) is 0. The molecule has 0 aliphatic heterocycles. The minimum absolute atomic E-state index is 0.00423. The van der Waals surface area contributed by atoms with Crippen LogP contribution in [-0.4, -0.2) is 38.5 Å². The maximum absolute atomic E-state index is 12.2. The Balaban J connectivity index is 2.01. The SMILES string of the molecule is CC(=O)N[C@@H](C(=O)NCc1cccc(-c2nn[nH]n2)c1)C(C)C. The molecule has 3 N–H and O–H groups in total. The lowest BCUT2D eigenvalue weighted by atomic mass is 10.0. The van der Waals surface area contributed by atoms with Crippen molar-refractivity contribution in [3.8, 4) is 11.4 Å². The first-order valence-electron chi connectivity index (χ1n) is 7.35. The van der Waals surface area contributed by atoms with E-state index in [0.717, 1.165) is 11.1 Å². The van der Waals surface area contributed by atoms with Gasteiger partial charge in [-0.1, -0.05) is 32.0 Å². The molecule has 8 heteroatoms. The zero-order valence-electron chi connectivity index (χ0n) is 13.3. The molecule has 1 aromatic heterocycles. The predicted molar refractivity (Wildman–Crippen MR) is 83.9 cm³/mol. The standard InChI is InChI=1S/C15H20N6O2/c1-9(2)13(17-10(3)22)15(23)16-8-11-5-4-6-12(7-11)14-18-20-21-19-14/h4-7,9,13H,8H2,1-3H3,(H,16,23)(H,17,22)(H,18,19,20,21)/t13-/m1/s1. The van der Waals surface area contributed by atoms with E-state index in [0.29, 0.717) is 12.4 Å². The molecule has 1 aromatic carbocycles. The van der Waals surface area contributed by atoms with Crippen LogP contribution in [0.3, 0.4) is 0 Å². The average molecular weight is 316 g/mol. The van der Waals surface area contributed by atoms with E-state index in [9.17, 15) is 9.59 Å². The molecule has 8 nitrogen and oxygen atoms in total. The monoisotopic (exact) mass is 316 g/mol. The molecule has 2 rings (SSSR count). The smallest absolute Gasteiger partial charge is 0.243 e. The second kappa shape index (κ2) is 7.48. The number of tetrazole rings is 1. The molecular formula is C15H20N6O2. The van der Waals surface area contributed by atoms with Crippen LogP contribution in [0.25, 0.3) is 11.4 Å². The first-order chi connectivity index (χ1) is 11.0. The number of carbonyl (C=O) groups excluding carboxylic acids is 2. The van der Waals surface area contributed by atoms with Crippen LogP contribution >= 0.6 is 0 Å². The number of benzene rings is 1. The zero-order chi connectivity index (χ0) is 16.8. The Labute approximate surface area is 134 Å². The van der Waals surface area contributed by atoms with Gasteiger partial charge in [0.1, 0.15) is 6.04 Å². The number of amides is 2. The summed E-state index contributed by atoms with van der Waals surface area (Å²) in [5.41, 5.74) is 1.72. The normalized spacial score (nSPS) is 12.0. The summed E-state index contributed by atoms with van der Waals surface area (Å²) >= 11 is 0. The average Bonchev–Trinajstić information content (AvgIpc) is 3.04. The van der Waals surface area contributed by atoms with Gasteiger partial charge in [0.25, 0.3) is 0 Å². The van der Waals surface area contributed by atoms with Crippen LogP contribution in [0.1, 0.15) is 26.3 Å². The summed E-state index contributed by atoms with van der Waals surface area (Å²) in [5.74, 6) is 0.0687. The number of carbonyl (C=O) groups is 2. The highest BCUT2D eigenvalue weighted by atomic mass is 16.2. The van der Waals surface area contributed by atoms with Gasteiger partial charge in [-0.25, -0.2) is 0 Å². The Morgan fingerprint density at radius 3 is 2.70 bits per heavy atom. The number of nitrogens with zero attached hydrogens (tertiary/aromatic N) is 3. The van der Waals surface area contributed by atoms with Crippen LogP contribution in [-0.2, 0) is 16.1 Å². The third-order valence-electron chi connectivity index (χ3n) is 3.31. The molecule has 2 amide bonds. The van der Waals surface area contributed by atoms with Crippen molar-refractivity contribution < 1.29 is 9.59 Å². The van der Waals surface area contributed by atoms with E-state index in [1.165, 1.54) is 6.92 Å². The molecule has 0 radical (unpaired) electrons. The van der Waals surface area contributed by atoms with Crippen molar-refractivity contribution in [1.29, 1.82) is 0 Å². The van der Waals surface area contributed by atoms with E-state index in [1.54, 1.807) is 0 Å². The van der Waals surface area contributed by atoms with Crippen LogP contribution in [0, 0.1) is 5.92 Å². The summed E-state index contributed by atoms with van der Waals surface area (Å²) in [5, 5.41) is 19.3. The van der Waals surface area contributed by atoms with Gasteiger partial charge in [0, 0.05) is 19.0 Å². The van der Waals surface area contributed by atoms with Crippen molar-refractivity contribution in [3.05, 3.63) is 29.8 Å². The Bertz CT molecular complexity index is 668. The van der Waals surface area contributed by atoms with Gasteiger partial charge in [0.15, 0.2) is 0 Å². The van der Waals surface area contributed by atoms with Crippen molar-refractivity contribution in [2.45, 2.75) is 33.4 Å². The predicted octanol–water partition coefficient (Wildman–Crippen LogP) is 0.644. The van der Waals surface area contributed by atoms with Crippen molar-refractivity contribution in [1.82, 2.24) is 31.3 Å². The second-order valence-corrected chi connectivity index (χ2v) is 5.58. The van der Waals surface area contributed by atoms with Crippen LogP contribution in [0.15, 0.2) is 24.3 Å². The fourth-order valence-electron chi connectivity index (χ4n) is 2.16. The Morgan fingerprint density at radius 1 is 1.30 bits per heavy atom. The lowest BCUT2D eigenvalue weighted by Crippen LogP contribution is -2.48. The number of nitrogens with one attached hydrogen (secondary N) is 3. The number of H-pyrrole nitrogens is 1. The van der Waals surface area contributed by atoms with Crippen LogP contribution < -0.4 is 10.6 Å². The van der Waals surface area contributed by atoms with E-state index >= 15 is 0 Å². The molecule has 2 aromatic rings. The Kier molecular flexibility index (Phi) is 5.40. The first-order valence-corrected chi connectivity index (χ1v) is 7.35. The summed E-state index contributed by atoms with van der Waals surface area (Å²) in [6.07, 6.45) is 0. The van der Waals surface area contributed by atoms with Gasteiger partial charge in [-0.2, -0.15) is 5.21 Å². The van der Waals surface area contributed by atoms with Crippen molar-refractivity contribution in [2.75, 3.05) is 0 Å². The van der Waals surface area contributed by atoms with Gasteiger partial charge in [0.2, 0.25) is 17.6 Å². The van der Waals surface area contributed by atoms with Gasteiger partial charge in [-0.15, -0.1) is 10.2 Å². The molecule has 0 fully saturated rings. The summed E-state index contributed by atoms with van der Waals surface area (Å²) in [6, 6.07) is 6.96. The summed E-state index contributed by atoms with van der Waals surface area (Å²) in [6.45, 7) is 5.53. The van der Waals surface area contributed by atoms with E-state index in [-0.39, 0.29) is 17.7 Å². The lowest BCUT2D eigenvalue weighted by molar-refractivity contribution is -0.129. The van der Waals surface area contributed by atoms with Crippen molar-refractivity contribution in [3.63, 3.8) is 0 Å². The molecule has 23 heavy (non-hydrogen) atoms. The van der Waals surface area contributed by atoms with Gasteiger partial charge in [0.05, 0.1) is 0 Å². The largest absolute Gasteiger partial charge is 0.350 e. The highest BCUT2D eigenvalue weighted by molar-refractivity contribution is 5.87. The molecule has 0 unspecified atom stereocenters. The summed E-state index contributed by atoms with van der Waals surface area (Å²) < 4.78 is 0. The highest BCUT2D eigenvalue weighted by Gasteiger charge is 2.22. The molecule has 0 aliphatic carbocycles. The van der Waals surface area contributed by atoms with Gasteiger partial charge in [-0.3, -0.25) is 9.59 Å². The molecule has 122 valence electrons. The van der Waals surface area contributed by atoms with E-state index < -0.39 is 6.04 Å². The fourth-order valence-corrected chi connectivity index (χ4v) is 2.16. The molecular weight excluding hydrogens is 296 g/mol. The molecule has 1 heterocycles. The molecule has 0 aliphatic rings. The number of rotatable bonds is 6. The number of hydrogen-bond acceptors (Lipinski definition) is 5. The second-order valence-electron chi connectivity index (χ2n) is 5.58. The van der Waals surface area contributed by atoms with Crippen LogP contribution in [0.4, 0.5) is 0 Å². The third-order valence-corrected chi connectivity index (χ3v) is 3.31. The van der Waals surface area contributed by atoms with E-state index in [2.05, 4.69) is 31.3 Å².